The van der Waals surface area contributed by atoms with Crippen molar-refractivity contribution >= 4 is 11.9 Å². The first kappa shape index (κ1) is 16.2. The number of nitrogens with zero attached hydrogens (tertiary/aromatic N) is 1. The van der Waals surface area contributed by atoms with Crippen LogP contribution in [0.1, 0.15) is 54.3 Å². The van der Waals surface area contributed by atoms with E-state index < -0.39 is 11.9 Å². The van der Waals surface area contributed by atoms with Crippen molar-refractivity contribution in [3.63, 3.8) is 0 Å². The van der Waals surface area contributed by atoms with E-state index in [1.54, 1.807) is 17.2 Å². The average Bonchev–Trinajstić information content (AvgIpc) is 2.42. The van der Waals surface area contributed by atoms with E-state index in [9.17, 15) is 9.59 Å². The van der Waals surface area contributed by atoms with Crippen LogP contribution in [0.3, 0.4) is 0 Å². The molecule has 0 aliphatic rings. The van der Waals surface area contributed by atoms with Crippen molar-refractivity contribution in [2.24, 2.45) is 0 Å². The van der Waals surface area contributed by atoms with Crippen LogP contribution >= 0.6 is 0 Å². The number of carboxylic acid groups (broad SMARTS) is 1. The molecule has 1 aromatic carbocycles. The van der Waals surface area contributed by atoms with Crippen LogP contribution in [0.15, 0.2) is 24.3 Å². The quantitative estimate of drug-likeness (QED) is 0.777. The molecule has 5 nitrogen and oxygen atoms in total. The lowest BCUT2D eigenvalue weighted by Gasteiger charge is -2.24. The Hall–Kier alpha value is -1.88. The molecule has 0 radical (unpaired) electrons. The van der Waals surface area contributed by atoms with Crippen molar-refractivity contribution in [3.8, 4) is 0 Å². The van der Waals surface area contributed by atoms with Crippen LogP contribution in [-0.4, -0.2) is 34.7 Å². The van der Waals surface area contributed by atoms with Crippen molar-refractivity contribution in [2.75, 3.05) is 6.54 Å². The predicted octanol–water partition coefficient (Wildman–Crippen LogP) is 2.97. The van der Waals surface area contributed by atoms with Crippen LogP contribution in [0.2, 0.25) is 0 Å². The first-order chi connectivity index (χ1) is 9.47. The molecule has 0 heterocycles. The Morgan fingerprint density at radius 3 is 2.35 bits per heavy atom. The van der Waals surface area contributed by atoms with Crippen LogP contribution in [0.4, 0.5) is 0 Å². The van der Waals surface area contributed by atoms with Crippen molar-refractivity contribution < 1.29 is 19.5 Å². The Balaban J connectivity index is 2.86. The Bertz CT molecular complexity index is 471. The zero-order chi connectivity index (χ0) is 15.1. The highest BCUT2D eigenvalue weighted by Crippen LogP contribution is 2.13. The lowest BCUT2D eigenvalue weighted by atomic mass is 10.1. The minimum Gasteiger partial charge on any atom is -0.478 e. The summed E-state index contributed by atoms with van der Waals surface area (Å²) in [6.45, 7) is 6.54. The van der Waals surface area contributed by atoms with Crippen molar-refractivity contribution in [1.29, 1.82) is 0 Å². The number of aromatic carboxylic acids is 1. The van der Waals surface area contributed by atoms with E-state index in [-0.39, 0.29) is 17.2 Å². The molecule has 1 aromatic rings. The molecule has 0 spiro atoms. The molecule has 0 unspecified atom stereocenters. The SMILES string of the molecule is CCCCN(OC(=O)c1ccccc1C(=O)O)C(C)C. The topological polar surface area (TPSA) is 66.8 Å². The molecule has 0 atom stereocenters. The number of hydrogen-bond donors (Lipinski definition) is 1. The second kappa shape index (κ2) is 7.65. The summed E-state index contributed by atoms with van der Waals surface area (Å²) in [4.78, 5) is 28.5. The molecule has 110 valence electrons. The van der Waals surface area contributed by atoms with Gasteiger partial charge in [0.25, 0.3) is 0 Å². The van der Waals surface area contributed by atoms with Gasteiger partial charge in [-0.15, -0.1) is 5.06 Å². The molecular formula is C15H21NO4. The minimum absolute atomic E-state index is 0.0440. The monoisotopic (exact) mass is 279 g/mol. The molecule has 0 saturated heterocycles. The van der Waals surface area contributed by atoms with Crippen LogP contribution in [0.5, 0.6) is 0 Å². The third-order valence-electron chi connectivity index (χ3n) is 2.89. The van der Waals surface area contributed by atoms with Gasteiger partial charge in [0.2, 0.25) is 0 Å². The van der Waals surface area contributed by atoms with Gasteiger partial charge in [-0.25, -0.2) is 9.59 Å². The van der Waals surface area contributed by atoms with Crippen LogP contribution in [0, 0.1) is 0 Å². The molecule has 0 fully saturated rings. The number of carbonyl (C=O) groups is 2. The van der Waals surface area contributed by atoms with Gasteiger partial charge in [0.15, 0.2) is 0 Å². The summed E-state index contributed by atoms with van der Waals surface area (Å²) in [7, 11) is 0. The van der Waals surface area contributed by atoms with Gasteiger partial charge in [0.05, 0.1) is 11.1 Å². The maximum absolute atomic E-state index is 12.1. The van der Waals surface area contributed by atoms with Gasteiger partial charge >= 0.3 is 11.9 Å². The highest BCUT2D eigenvalue weighted by atomic mass is 16.7. The molecule has 0 aliphatic heterocycles. The zero-order valence-electron chi connectivity index (χ0n) is 12.1. The van der Waals surface area contributed by atoms with E-state index in [1.165, 1.54) is 12.1 Å². The lowest BCUT2D eigenvalue weighted by molar-refractivity contribution is -0.130. The molecule has 5 heteroatoms. The maximum atomic E-state index is 12.1. The Kier molecular flexibility index (Phi) is 6.18. The summed E-state index contributed by atoms with van der Waals surface area (Å²) in [6, 6.07) is 6.10. The first-order valence-corrected chi connectivity index (χ1v) is 6.78. The van der Waals surface area contributed by atoms with Crippen molar-refractivity contribution in [2.45, 2.75) is 39.7 Å². The molecule has 0 aromatic heterocycles. The van der Waals surface area contributed by atoms with Gasteiger partial charge in [0, 0.05) is 12.6 Å². The number of rotatable bonds is 7. The smallest absolute Gasteiger partial charge is 0.357 e. The van der Waals surface area contributed by atoms with Gasteiger partial charge in [0.1, 0.15) is 0 Å². The minimum atomic E-state index is -1.14. The molecule has 0 aliphatic carbocycles. The molecular weight excluding hydrogens is 258 g/mol. The largest absolute Gasteiger partial charge is 0.478 e. The normalized spacial score (nSPS) is 10.8. The fourth-order valence-corrected chi connectivity index (χ4v) is 1.73. The third kappa shape index (κ3) is 4.35. The standard InChI is InChI=1S/C15H21NO4/c1-4-5-10-16(11(2)3)20-15(19)13-9-7-6-8-12(13)14(17)18/h6-9,11H,4-5,10H2,1-3H3,(H,17,18). The average molecular weight is 279 g/mol. The van der Waals surface area contributed by atoms with E-state index in [0.29, 0.717) is 6.54 Å². The number of unbranched alkanes of at least 4 members (excludes halogenated alkanes) is 1. The lowest BCUT2D eigenvalue weighted by Crippen LogP contribution is -2.34. The summed E-state index contributed by atoms with van der Waals surface area (Å²) < 4.78 is 0. The Labute approximate surface area is 119 Å². The predicted molar refractivity (Wildman–Crippen MR) is 75.6 cm³/mol. The molecule has 0 amide bonds. The third-order valence-corrected chi connectivity index (χ3v) is 2.89. The summed E-state index contributed by atoms with van der Waals surface area (Å²) in [5, 5.41) is 10.7. The zero-order valence-corrected chi connectivity index (χ0v) is 12.1. The summed E-state index contributed by atoms with van der Waals surface area (Å²) in [6.07, 6.45) is 1.90. The fraction of sp³-hybridized carbons (Fsp3) is 0.467. The van der Waals surface area contributed by atoms with E-state index >= 15 is 0 Å². The van der Waals surface area contributed by atoms with Gasteiger partial charge in [-0.1, -0.05) is 25.5 Å². The Morgan fingerprint density at radius 2 is 1.85 bits per heavy atom. The molecule has 1 rings (SSSR count). The van der Waals surface area contributed by atoms with Gasteiger partial charge in [-0.2, -0.15) is 0 Å². The number of carbonyl (C=O) groups excluding carboxylic acids is 1. The highest BCUT2D eigenvalue weighted by Gasteiger charge is 2.21. The fourth-order valence-electron chi connectivity index (χ4n) is 1.73. The molecule has 20 heavy (non-hydrogen) atoms. The summed E-state index contributed by atoms with van der Waals surface area (Å²) in [5.41, 5.74) is 0.0267. The molecule has 0 bridgehead atoms. The molecule has 1 N–H and O–H groups in total. The van der Waals surface area contributed by atoms with Gasteiger partial charge < -0.3 is 9.94 Å². The number of hydroxylamine groups is 2. The maximum Gasteiger partial charge on any atom is 0.357 e. The van der Waals surface area contributed by atoms with Crippen molar-refractivity contribution in [3.05, 3.63) is 35.4 Å². The van der Waals surface area contributed by atoms with Gasteiger partial charge in [-0.3, -0.25) is 0 Å². The van der Waals surface area contributed by atoms with Crippen LogP contribution < -0.4 is 0 Å². The van der Waals surface area contributed by atoms with E-state index in [2.05, 4.69) is 6.92 Å². The van der Waals surface area contributed by atoms with Crippen LogP contribution in [0.25, 0.3) is 0 Å². The highest BCUT2D eigenvalue weighted by molar-refractivity contribution is 6.02. The van der Waals surface area contributed by atoms with Crippen LogP contribution in [-0.2, 0) is 4.84 Å². The summed E-state index contributed by atoms with van der Waals surface area (Å²) >= 11 is 0. The Morgan fingerprint density at radius 1 is 1.25 bits per heavy atom. The molecule has 0 saturated carbocycles. The number of benzene rings is 1. The van der Waals surface area contributed by atoms with Gasteiger partial charge in [-0.05, 0) is 32.4 Å². The van der Waals surface area contributed by atoms with E-state index in [1.807, 2.05) is 13.8 Å². The number of hydrogen-bond acceptors (Lipinski definition) is 4. The van der Waals surface area contributed by atoms with E-state index in [4.69, 9.17) is 9.94 Å². The second-order valence-electron chi connectivity index (χ2n) is 4.82. The van der Waals surface area contributed by atoms with Crippen molar-refractivity contribution in [1.82, 2.24) is 5.06 Å². The second-order valence-corrected chi connectivity index (χ2v) is 4.82. The van der Waals surface area contributed by atoms with E-state index in [0.717, 1.165) is 12.8 Å². The first-order valence-electron chi connectivity index (χ1n) is 6.78. The number of carboxylic acids is 1. The summed E-state index contributed by atoms with van der Waals surface area (Å²) in [5.74, 6) is -1.77.